The standard InChI is InChI=1S/C15H17FN2O3S2/c1-4-5-13-17-9(2)14(22-13)15(19)18-12-8-10(23(3,20)21)6-7-11(12)16/h6-8H,4-5H2,1-3H3,(H,18,19). The molecule has 1 N–H and O–H groups in total. The van der Waals surface area contributed by atoms with Crippen molar-refractivity contribution in [1.82, 2.24) is 4.98 Å². The third kappa shape index (κ3) is 4.14. The number of thiazole rings is 1. The highest BCUT2D eigenvalue weighted by Crippen LogP contribution is 2.24. The minimum absolute atomic E-state index is 0.0538. The molecule has 23 heavy (non-hydrogen) atoms. The van der Waals surface area contributed by atoms with E-state index in [0.717, 1.165) is 42.3 Å². The van der Waals surface area contributed by atoms with E-state index in [-0.39, 0.29) is 10.6 Å². The molecule has 0 fully saturated rings. The zero-order valence-corrected chi connectivity index (χ0v) is 14.6. The number of amides is 1. The molecule has 8 heteroatoms. The quantitative estimate of drug-likeness (QED) is 0.835. The van der Waals surface area contributed by atoms with Gasteiger partial charge in [0.2, 0.25) is 0 Å². The lowest BCUT2D eigenvalue weighted by Gasteiger charge is -2.07. The van der Waals surface area contributed by atoms with Gasteiger partial charge in [-0.15, -0.1) is 11.3 Å². The number of benzene rings is 1. The average Bonchev–Trinajstić information content (AvgIpc) is 2.81. The van der Waals surface area contributed by atoms with Crippen molar-refractivity contribution in [2.75, 3.05) is 11.6 Å². The first kappa shape index (κ1) is 17.6. The van der Waals surface area contributed by atoms with E-state index in [1.54, 1.807) is 6.92 Å². The molecule has 124 valence electrons. The van der Waals surface area contributed by atoms with Crippen LogP contribution in [0.3, 0.4) is 0 Å². The Hall–Kier alpha value is -1.80. The molecule has 1 aromatic carbocycles. The Morgan fingerprint density at radius 3 is 2.70 bits per heavy atom. The van der Waals surface area contributed by atoms with Gasteiger partial charge in [-0.25, -0.2) is 17.8 Å². The first-order valence-corrected chi connectivity index (χ1v) is 9.70. The summed E-state index contributed by atoms with van der Waals surface area (Å²) in [6, 6.07) is 3.30. The number of rotatable bonds is 5. The van der Waals surface area contributed by atoms with E-state index in [1.807, 2.05) is 6.92 Å². The largest absolute Gasteiger partial charge is 0.319 e. The first-order chi connectivity index (χ1) is 10.7. The smallest absolute Gasteiger partial charge is 0.267 e. The molecule has 0 aliphatic rings. The van der Waals surface area contributed by atoms with Gasteiger partial charge in [-0.2, -0.15) is 0 Å². The number of carbonyl (C=O) groups is 1. The molecule has 1 aromatic heterocycles. The molecule has 0 atom stereocenters. The van der Waals surface area contributed by atoms with Gasteiger partial charge in [-0.1, -0.05) is 6.92 Å². The van der Waals surface area contributed by atoms with Crippen molar-refractivity contribution in [3.63, 3.8) is 0 Å². The van der Waals surface area contributed by atoms with E-state index in [4.69, 9.17) is 0 Å². The van der Waals surface area contributed by atoms with Crippen LogP contribution in [0.4, 0.5) is 10.1 Å². The lowest BCUT2D eigenvalue weighted by Crippen LogP contribution is -2.13. The van der Waals surface area contributed by atoms with Crippen molar-refractivity contribution >= 4 is 32.8 Å². The summed E-state index contributed by atoms with van der Waals surface area (Å²) in [5.74, 6) is -1.19. The van der Waals surface area contributed by atoms with Crippen LogP contribution < -0.4 is 5.32 Å². The van der Waals surface area contributed by atoms with Crippen molar-refractivity contribution in [2.24, 2.45) is 0 Å². The van der Waals surface area contributed by atoms with Gasteiger partial charge in [0, 0.05) is 6.26 Å². The molecule has 2 rings (SSSR count). The van der Waals surface area contributed by atoms with E-state index < -0.39 is 21.6 Å². The van der Waals surface area contributed by atoms with E-state index in [0.29, 0.717) is 10.6 Å². The van der Waals surface area contributed by atoms with E-state index in [1.165, 1.54) is 11.3 Å². The number of nitrogens with one attached hydrogen (secondary N) is 1. The zero-order chi connectivity index (χ0) is 17.2. The molecule has 0 bridgehead atoms. The number of aryl methyl sites for hydroxylation is 2. The highest BCUT2D eigenvalue weighted by atomic mass is 32.2. The minimum Gasteiger partial charge on any atom is -0.319 e. The van der Waals surface area contributed by atoms with Crippen molar-refractivity contribution < 1.29 is 17.6 Å². The summed E-state index contributed by atoms with van der Waals surface area (Å²) in [7, 11) is -3.48. The fourth-order valence-electron chi connectivity index (χ4n) is 1.99. The number of anilines is 1. The van der Waals surface area contributed by atoms with Crippen LogP contribution in [0.1, 0.15) is 33.7 Å². The van der Waals surface area contributed by atoms with Crippen LogP contribution in [0.5, 0.6) is 0 Å². The fourth-order valence-corrected chi connectivity index (χ4v) is 3.70. The first-order valence-electron chi connectivity index (χ1n) is 6.99. The summed E-state index contributed by atoms with van der Waals surface area (Å²) >= 11 is 1.26. The van der Waals surface area contributed by atoms with Crippen LogP contribution in [-0.4, -0.2) is 25.6 Å². The third-order valence-electron chi connectivity index (χ3n) is 3.13. The summed E-state index contributed by atoms with van der Waals surface area (Å²) in [5.41, 5.74) is 0.415. The molecule has 2 aromatic rings. The van der Waals surface area contributed by atoms with Gasteiger partial charge >= 0.3 is 0 Å². The SMILES string of the molecule is CCCc1nc(C)c(C(=O)Nc2cc(S(C)(=O)=O)ccc2F)s1. The number of hydrogen-bond acceptors (Lipinski definition) is 5. The Labute approximate surface area is 138 Å². The second-order valence-electron chi connectivity index (χ2n) is 5.14. The highest BCUT2D eigenvalue weighted by molar-refractivity contribution is 7.90. The molecule has 1 heterocycles. The predicted octanol–water partition coefficient (Wildman–Crippen LogP) is 3.20. The van der Waals surface area contributed by atoms with Crippen molar-refractivity contribution in [1.29, 1.82) is 0 Å². The summed E-state index contributed by atoms with van der Waals surface area (Å²) in [6.45, 7) is 3.73. The maximum atomic E-state index is 13.8. The van der Waals surface area contributed by atoms with Gasteiger partial charge in [-0.05, 0) is 38.0 Å². The van der Waals surface area contributed by atoms with Crippen LogP contribution in [0.25, 0.3) is 0 Å². The van der Waals surface area contributed by atoms with Crippen molar-refractivity contribution in [3.8, 4) is 0 Å². The van der Waals surface area contributed by atoms with E-state index in [9.17, 15) is 17.6 Å². The van der Waals surface area contributed by atoms with E-state index >= 15 is 0 Å². The summed E-state index contributed by atoms with van der Waals surface area (Å²) < 4.78 is 36.9. The zero-order valence-electron chi connectivity index (χ0n) is 13.0. The number of halogens is 1. The number of sulfone groups is 1. The van der Waals surface area contributed by atoms with Gasteiger partial charge in [0.15, 0.2) is 9.84 Å². The van der Waals surface area contributed by atoms with E-state index in [2.05, 4.69) is 10.3 Å². The van der Waals surface area contributed by atoms with Gasteiger partial charge in [0.05, 0.1) is 21.3 Å². The summed E-state index contributed by atoms with van der Waals surface area (Å²) in [6.07, 6.45) is 2.71. The molecular weight excluding hydrogens is 339 g/mol. The van der Waals surface area contributed by atoms with Crippen LogP contribution >= 0.6 is 11.3 Å². The maximum absolute atomic E-state index is 13.8. The lowest BCUT2D eigenvalue weighted by molar-refractivity contribution is 0.102. The topological polar surface area (TPSA) is 76.1 Å². The Bertz CT molecular complexity index is 844. The fraction of sp³-hybridized carbons (Fsp3) is 0.333. The molecule has 0 saturated heterocycles. The number of aromatic nitrogens is 1. The molecule has 0 aliphatic carbocycles. The lowest BCUT2D eigenvalue weighted by atomic mass is 10.3. The second-order valence-corrected chi connectivity index (χ2v) is 8.24. The monoisotopic (exact) mass is 356 g/mol. The van der Waals surface area contributed by atoms with Gasteiger partial charge in [-0.3, -0.25) is 4.79 Å². The molecular formula is C15H17FN2O3S2. The Morgan fingerprint density at radius 1 is 1.39 bits per heavy atom. The number of nitrogens with zero attached hydrogens (tertiary/aromatic N) is 1. The number of carbonyl (C=O) groups excluding carboxylic acids is 1. The molecule has 0 radical (unpaired) electrons. The van der Waals surface area contributed by atoms with Gasteiger partial charge in [0.25, 0.3) is 5.91 Å². The van der Waals surface area contributed by atoms with Gasteiger partial charge < -0.3 is 5.32 Å². The third-order valence-corrected chi connectivity index (χ3v) is 5.45. The Kier molecular flexibility index (Phi) is 5.16. The Balaban J connectivity index is 2.30. The maximum Gasteiger partial charge on any atom is 0.267 e. The molecule has 5 nitrogen and oxygen atoms in total. The Morgan fingerprint density at radius 2 is 2.09 bits per heavy atom. The second kappa shape index (κ2) is 6.76. The van der Waals surface area contributed by atoms with Crippen LogP contribution in [0, 0.1) is 12.7 Å². The normalized spacial score (nSPS) is 11.5. The minimum atomic E-state index is -3.48. The average molecular weight is 356 g/mol. The highest BCUT2D eigenvalue weighted by Gasteiger charge is 2.18. The molecule has 0 saturated carbocycles. The van der Waals surface area contributed by atoms with Crippen LogP contribution in [-0.2, 0) is 16.3 Å². The molecule has 0 aliphatic heterocycles. The number of hydrogen-bond donors (Lipinski definition) is 1. The van der Waals surface area contributed by atoms with Crippen LogP contribution in [0.15, 0.2) is 23.1 Å². The summed E-state index contributed by atoms with van der Waals surface area (Å²) in [4.78, 5) is 17.0. The van der Waals surface area contributed by atoms with Gasteiger partial charge in [0.1, 0.15) is 10.7 Å². The predicted molar refractivity (Wildman–Crippen MR) is 88.3 cm³/mol. The van der Waals surface area contributed by atoms with Crippen molar-refractivity contribution in [3.05, 3.63) is 39.6 Å². The van der Waals surface area contributed by atoms with Crippen LogP contribution in [0.2, 0.25) is 0 Å². The molecule has 0 unspecified atom stereocenters. The summed E-state index contributed by atoms with van der Waals surface area (Å²) in [5, 5.41) is 3.27. The van der Waals surface area contributed by atoms with Crippen molar-refractivity contribution in [2.45, 2.75) is 31.6 Å². The molecule has 1 amide bonds. The molecule has 0 spiro atoms.